The molecule has 9 aromatic carbocycles. The fourth-order valence-electron chi connectivity index (χ4n) is 7.71. The molecule has 0 aliphatic carbocycles. The lowest BCUT2D eigenvalue weighted by atomic mass is 9.90. The highest BCUT2D eigenvalue weighted by atomic mass is 16.3. The summed E-state index contributed by atoms with van der Waals surface area (Å²) < 4.78 is 0. The summed E-state index contributed by atoms with van der Waals surface area (Å²) in [6.45, 7) is 0. The quantitative estimate of drug-likeness (QED) is 0.187. The molecule has 10 rings (SSSR count). The molecule has 10 aromatic rings. The second kappa shape index (κ2) is 13.5. The second-order valence-electron chi connectivity index (χ2n) is 13.7. The molecule has 0 saturated carbocycles. The standard InChI is InChI=1S/C51H33N3O/c55-48-45(44-23-11-19-35-14-7-9-21-43(35)44)30-31-46(47(48)37-15-2-1-3-16-37)51-53-49(52-50(54-51)40-29-24-33-12-4-5-17-39(33)32-40)38-27-25-36(26-28-38)42-22-10-18-34-13-6-8-20-41(34)42/h1-32,55H. The highest BCUT2D eigenvalue weighted by molar-refractivity contribution is 6.01. The summed E-state index contributed by atoms with van der Waals surface area (Å²) in [5, 5.41) is 19.2. The SMILES string of the molecule is Oc1c(-c2cccc3ccccc23)ccc(-c2nc(-c3ccc(-c4cccc5ccccc45)cc3)nc(-c3ccc4ccccc4c3)n2)c1-c1ccccc1. The predicted molar refractivity (Wildman–Crippen MR) is 227 cm³/mol. The topological polar surface area (TPSA) is 58.9 Å². The van der Waals surface area contributed by atoms with Crippen LogP contribution in [0.2, 0.25) is 0 Å². The van der Waals surface area contributed by atoms with Crippen molar-refractivity contribution in [3.8, 4) is 73.3 Å². The van der Waals surface area contributed by atoms with E-state index in [1.165, 1.54) is 16.3 Å². The Labute approximate surface area is 318 Å². The molecule has 1 aromatic heterocycles. The van der Waals surface area contributed by atoms with Crippen molar-refractivity contribution in [1.29, 1.82) is 0 Å². The number of hydrogen-bond donors (Lipinski definition) is 1. The number of phenolic OH excluding ortho intramolecular Hbond substituents is 1. The Hall–Kier alpha value is -7.43. The smallest absolute Gasteiger partial charge is 0.164 e. The van der Waals surface area contributed by atoms with Gasteiger partial charge in [0, 0.05) is 27.8 Å². The van der Waals surface area contributed by atoms with Crippen LogP contribution in [0.15, 0.2) is 194 Å². The molecule has 0 aliphatic heterocycles. The maximum atomic E-state index is 12.3. The van der Waals surface area contributed by atoms with Gasteiger partial charge in [0.2, 0.25) is 0 Å². The van der Waals surface area contributed by atoms with Crippen LogP contribution in [0, 0.1) is 0 Å². The van der Waals surface area contributed by atoms with Gasteiger partial charge >= 0.3 is 0 Å². The van der Waals surface area contributed by atoms with E-state index in [0.29, 0.717) is 28.6 Å². The first-order chi connectivity index (χ1) is 27.2. The minimum Gasteiger partial charge on any atom is -0.507 e. The first-order valence-electron chi connectivity index (χ1n) is 18.4. The van der Waals surface area contributed by atoms with E-state index in [9.17, 15) is 5.11 Å². The zero-order valence-corrected chi connectivity index (χ0v) is 29.8. The number of aromatic hydroxyl groups is 1. The lowest BCUT2D eigenvalue weighted by Crippen LogP contribution is -2.01. The molecule has 0 unspecified atom stereocenters. The highest BCUT2D eigenvalue weighted by Gasteiger charge is 2.22. The van der Waals surface area contributed by atoms with Crippen molar-refractivity contribution in [3.05, 3.63) is 194 Å². The lowest BCUT2D eigenvalue weighted by molar-refractivity contribution is 0.479. The van der Waals surface area contributed by atoms with Crippen LogP contribution in [0.3, 0.4) is 0 Å². The van der Waals surface area contributed by atoms with Gasteiger partial charge in [0.1, 0.15) is 5.75 Å². The summed E-state index contributed by atoms with van der Waals surface area (Å²) in [5.41, 5.74) is 7.99. The summed E-state index contributed by atoms with van der Waals surface area (Å²) in [7, 11) is 0. The molecule has 55 heavy (non-hydrogen) atoms. The molecule has 0 amide bonds. The fraction of sp³-hybridized carbons (Fsp3) is 0. The van der Waals surface area contributed by atoms with Gasteiger partial charge in [-0.05, 0) is 72.8 Å². The summed E-state index contributed by atoms with van der Waals surface area (Å²) in [4.78, 5) is 15.4. The van der Waals surface area contributed by atoms with Crippen molar-refractivity contribution < 1.29 is 5.11 Å². The summed E-state index contributed by atoms with van der Waals surface area (Å²) in [6, 6.07) is 66.3. The summed E-state index contributed by atoms with van der Waals surface area (Å²) in [5.74, 6) is 1.76. The average Bonchev–Trinajstić information content (AvgIpc) is 3.26. The normalized spacial score (nSPS) is 11.3. The van der Waals surface area contributed by atoms with Crippen LogP contribution < -0.4 is 0 Å². The zero-order chi connectivity index (χ0) is 36.7. The van der Waals surface area contributed by atoms with Crippen molar-refractivity contribution >= 4 is 32.3 Å². The Kier molecular flexibility index (Phi) is 7.93. The zero-order valence-electron chi connectivity index (χ0n) is 29.8. The van der Waals surface area contributed by atoms with Gasteiger partial charge < -0.3 is 5.11 Å². The van der Waals surface area contributed by atoms with Gasteiger partial charge in [-0.15, -0.1) is 0 Å². The largest absolute Gasteiger partial charge is 0.507 e. The molecule has 0 radical (unpaired) electrons. The number of fused-ring (bicyclic) bond motifs is 3. The van der Waals surface area contributed by atoms with E-state index in [1.807, 2.05) is 72.8 Å². The predicted octanol–water partition coefficient (Wildman–Crippen LogP) is 13.0. The van der Waals surface area contributed by atoms with Crippen molar-refractivity contribution in [2.24, 2.45) is 0 Å². The van der Waals surface area contributed by atoms with Crippen molar-refractivity contribution in [2.45, 2.75) is 0 Å². The van der Waals surface area contributed by atoms with E-state index in [2.05, 4.69) is 121 Å². The number of benzene rings is 9. The second-order valence-corrected chi connectivity index (χ2v) is 13.7. The lowest BCUT2D eigenvalue weighted by Gasteiger charge is -2.17. The van der Waals surface area contributed by atoms with E-state index in [1.54, 1.807) is 0 Å². The van der Waals surface area contributed by atoms with E-state index in [0.717, 1.165) is 54.9 Å². The van der Waals surface area contributed by atoms with Crippen LogP contribution in [0.5, 0.6) is 5.75 Å². The molecule has 0 aliphatic rings. The van der Waals surface area contributed by atoms with Gasteiger partial charge in [-0.3, -0.25) is 0 Å². The van der Waals surface area contributed by atoms with E-state index in [4.69, 9.17) is 15.0 Å². The molecule has 0 atom stereocenters. The van der Waals surface area contributed by atoms with Crippen LogP contribution in [0.1, 0.15) is 0 Å². The first-order valence-corrected chi connectivity index (χ1v) is 18.4. The molecular weight excluding hydrogens is 671 g/mol. The Morgan fingerprint density at radius 2 is 0.800 bits per heavy atom. The third-order valence-corrected chi connectivity index (χ3v) is 10.4. The van der Waals surface area contributed by atoms with Crippen molar-refractivity contribution in [2.75, 3.05) is 0 Å². The number of hydrogen-bond acceptors (Lipinski definition) is 4. The van der Waals surface area contributed by atoms with Crippen LogP contribution in [0.25, 0.3) is 99.9 Å². The van der Waals surface area contributed by atoms with Crippen LogP contribution >= 0.6 is 0 Å². The molecule has 0 spiro atoms. The first kappa shape index (κ1) is 32.2. The van der Waals surface area contributed by atoms with Gasteiger partial charge in [0.25, 0.3) is 0 Å². The average molecular weight is 704 g/mol. The highest BCUT2D eigenvalue weighted by Crippen LogP contribution is 2.45. The maximum absolute atomic E-state index is 12.3. The van der Waals surface area contributed by atoms with Gasteiger partial charge in [0.15, 0.2) is 17.5 Å². The maximum Gasteiger partial charge on any atom is 0.164 e. The minimum absolute atomic E-state index is 0.175. The van der Waals surface area contributed by atoms with Crippen LogP contribution in [-0.2, 0) is 0 Å². The third-order valence-electron chi connectivity index (χ3n) is 10.4. The molecule has 4 heteroatoms. The Bertz CT molecular complexity index is 3040. The number of phenols is 1. The molecular formula is C51H33N3O. The third kappa shape index (κ3) is 5.87. The monoisotopic (exact) mass is 703 g/mol. The number of aromatic nitrogens is 3. The van der Waals surface area contributed by atoms with Crippen LogP contribution in [-0.4, -0.2) is 20.1 Å². The fourth-order valence-corrected chi connectivity index (χ4v) is 7.71. The van der Waals surface area contributed by atoms with Gasteiger partial charge in [-0.2, -0.15) is 0 Å². The molecule has 258 valence electrons. The molecule has 1 heterocycles. The van der Waals surface area contributed by atoms with Crippen molar-refractivity contribution in [1.82, 2.24) is 15.0 Å². The summed E-state index contributed by atoms with van der Waals surface area (Å²) in [6.07, 6.45) is 0. The molecule has 0 fully saturated rings. The molecule has 1 N–H and O–H groups in total. The Balaban J connectivity index is 1.17. The van der Waals surface area contributed by atoms with Crippen LogP contribution in [0.4, 0.5) is 0 Å². The van der Waals surface area contributed by atoms with Gasteiger partial charge in [0.05, 0.1) is 0 Å². The Morgan fingerprint density at radius 3 is 1.53 bits per heavy atom. The van der Waals surface area contributed by atoms with Crippen molar-refractivity contribution in [3.63, 3.8) is 0 Å². The van der Waals surface area contributed by atoms with E-state index in [-0.39, 0.29) is 5.75 Å². The Morgan fingerprint density at radius 1 is 0.291 bits per heavy atom. The minimum atomic E-state index is 0.175. The van der Waals surface area contributed by atoms with Gasteiger partial charge in [-0.1, -0.05) is 176 Å². The number of nitrogens with zero attached hydrogens (tertiary/aromatic N) is 3. The summed E-state index contributed by atoms with van der Waals surface area (Å²) >= 11 is 0. The van der Waals surface area contributed by atoms with E-state index < -0.39 is 0 Å². The molecule has 4 nitrogen and oxygen atoms in total. The van der Waals surface area contributed by atoms with E-state index >= 15 is 0 Å². The van der Waals surface area contributed by atoms with Gasteiger partial charge in [-0.25, -0.2) is 15.0 Å². The number of rotatable bonds is 6. The molecule has 0 bridgehead atoms. The molecule has 0 saturated heterocycles.